The molecule has 3 aromatic carbocycles. The Morgan fingerprint density at radius 2 is 1.69 bits per heavy atom. The number of carbonyl (C=O) groups excluding carboxylic acids is 1. The number of pyridine rings is 1. The van der Waals surface area contributed by atoms with E-state index in [1.54, 1.807) is 12.4 Å². The van der Waals surface area contributed by atoms with Crippen molar-refractivity contribution in [2.24, 2.45) is 0 Å². The van der Waals surface area contributed by atoms with E-state index in [0.29, 0.717) is 12.3 Å². The zero-order chi connectivity index (χ0) is 23.9. The number of rotatable bonds is 8. The molecule has 2 aromatic heterocycles. The number of hydrogen-bond donors (Lipinski definition) is 2. The lowest BCUT2D eigenvalue weighted by Gasteiger charge is -2.08. The number of hydrogen-bond acceptors (Lipinski definition) is 7. The SMILES string of the molecule is O=C(Cc1ccc2ncccc2c1)NNc1ncc(-c2ccc(OCc3ccccc3)cc2)nn1. The summed E-state index contributed by atoms with van der Waals surface area (Å²) in [6.07, 6.45) is 3.55. The summed E-state index contributed by atoms with van der Waals surface area (Å²) >= 11 is 0. The summed E-state index contributed by atoms with van der Waals surface area (Å²) in [5.41, 5.74) is 9.67. The van der Waals surface area contributed by atoms with E-state index in [0.717, 1.165) is 33.3 Å². The third-order valence-corrected chi connectivity index (χ3v) is 5.31. The van der Waals surface area contributed by atoms with Crippen LogP contribution >= 0.6 is 0 Å². The van der Waals surface area contributed by atoms with E-state index in [-0.39, 0.29) is 18.3 Å². The summed E-state index contributed by atoms with van der Waals surface area (Å²) in [7, 11) is 0. The van der Waals surface area contributed by atoms with Crippen molar-refractivity contribution < 1.29 is 9.53 Å². The van der Waals surface area contributed by atoms with Crippen LogP contribution in [0.5, 0.6) is 5.75 Å². The molecule has 5 aromatic rings. The molecule has 172 valence electrons. The van der Waals surface area contributed by atoms with Crippen LogP contribution in [-0.2, 0) is 17.8 Å². The summed E-state index contributed by atoms with van der Waals surface area (Å²) in [6.45, 7) is 0.506. The molecule has 0 saturated heterocycles. The van der Waals surface area contributed by atoms with Crippen LogP contribution in [0.4, 0.5) is 5.95 Å². The summed E-state index contributed by atoms with van der Waals surface area (Å²) < 4.78 is 5.82. The van der Waals surface area contributed by atoms with Crippen molar-refractivity contribution in [2.75, 3.05) is 5.43 Å². The summed E-state index contributed by atoms with van der Waals surface area (Å²) in [4.78, 5) is 20.8. The molecule has 0 aliphatic carbocycles. The monoisotopic (exact) mass is 462 g/mol. The second kappa shape index (κ2) is 10.4. The van der Waals surface area contributed by atoms with Crippen molar-refractivity contribution in [1.82, 2.24) is 25.6 Å². The Kier molecular flexibility index (Phi) is 6.52. The quantitative estimate of drug-likeness (QED) is 0.331. The molecule has 0 radical (unpaired) electrons. The molecule has 0 saturated carbocycles. The Labute approximate surface area is 202 Å². The minimum atomic E-state index is -0.216. The van der Waals surface area contributed by atoms with E-state index in [1.807, 2.05) is 84.9 Å². The molecule has 8 nitrogen and oxygen atoms in total. The molecule has 0 unspecified atom stereocenters. The largest absolute Gasteiger partial charge is 0.489 e. The molecule has 1 amide bonds. The zero-order valence-corrected chi connectivity index (χ0v) is 18.8. The first-order valence-corrected chi connectivity index (χ1v) is 11.1. The number of amides is 1. The number of ether oxygens (including phenoxy) is 1. The Morgan fingerprint density at radius 3 is 2.49 bits per heavy atom. The van der Waals surface area contributed by atoms with Crippen molar-refractivity contribution in [1.29, 1.82) is 0 Å². The fraction of sp³-hybridized carbons (Fsp3) is 0.0741. The molecule has 0 fully saturated rings. The van der Waals surface area contributed by atoms with Gasteiger partial charge in [-0.2, -0.15) is 0 Å². The number of nitrogens with one attached hydrogen (secondary N) is 2. The minimum absolute atomic E-state index is 0.202. The van der Waals surface area contributed by atoms with Crippen molar-refractivity contribution in [3.05, 3.63) is 108 Å². The number of nitrogens with zero attached hydrogens (tertiary/aromatic N) is 4. The molecule has 0 aliphatic heterocycles. The molecule has 0 atom stereocenters. The Morgan fingerprint density at radius 1 is 0.829 bits per heavy atom. The molecule has 2 N–H and O–H groups in total. The number of aromatic nitrogens is 4. The molecule has 0 aliphatic rings. The maximum atomic E-state index is 12.3. The normalized spacial score (nSPS) is 10.6. The van der Waals surface area contributed by atoms with Crippen LogP contribution in [0, 0.1) is 0 Å². The second-order valence-electron chi connectivity index (χ2n) is 7.85. The average Bonchev–Trinajstić information content (AvgIpc) is 2.92. The van der Waals surface area contributed by atoms with Gasteiger partial charge in [-0.25, -0.2) is 4.98 Å². The molecular weight excluding hydrogens is 440 g/mol. The average molecular weight is 463 g/mol. The summed E-state index contributed by atoms with van der Waals surface area (Å²) in [5, 5.41) is 9.23. The maximum Gasteiger partial charge on any atom is 0.261 e. The topological polar surface area (TPSA) is 102 Å². The first-order chi connectivity index (χ1) is 17.2. The molecule has 2 heterocycles. The zero-order valence-electron chi connectivity index (χ0n) is 18.8. The first kappa shape index (κ1) is 22.0. The van der Waals surface area contributed by atoms with Gasteiger partial charge in [0.05, 0.1) is 18.1 Å². The predicted octanol–water partition coefficient (Wildman–Crippen LogP) is 4.35. The van der Waals surface area contributed by atoms with E-state index in [1.165, 1.54) is 0 Å². The fourth-order valence-corrected chi connectivity index (χ4v) is 3.52. The smallest absolute Gasteiger partial charge is 0.261 e. The van der Waals surface area contributed by atoms with Crippen LogP contribution in [0.25, 0.3) is 22.2 Å². The number of hydrazine groups is 1. The van der Waals surface area contributed by atoms with Gasteiger partial charge >= 0.3 is 0 Å². The minimum Gasteiger partial charge on any atom is -0.489 e. The molecule has 8 heteroatoms. The Bertz CT molecular complexity index is 1420. The standard InChI is InChI=1S/C27H22N6O2/c34-26(16-20-8-13-24-22(15-20)7-4-14-28-24)31-33-27-29-17-25(30-32-27)21-9-11-23(12-10-21)35-18-19-5-2-1-3-6-19/h1-15,17H,16,18H2,(H,31,34)(H,29,32,33). The van der Waals surface area contributed by atoms with Gasteiger partial charge in [-0.3, -0.25) is 20.6 Å². The first-order valence-electron chi connectivity index (χ1n) is 11.1. The lowest BCUT2D eigenvalue weighted by molar-refractivity contribution is -0.119. The maximum absolute atomic E-state index is 12.3. The van der Waals surface area contributed by atoms with E-state index in [2.05, 4.69) is 31.0 Å². The predicted molar refractivity (Wildman–Crippen MR) is 133 cm³/mol. The molecule has 35 heavy (non-hydrogen) atoms. The van der Waals surface area contributed by atoms with Gasteiger partial charge in [0.1, 0.15) is 18.1 Å². The highest BCUT2D eigenvalue weighted by Crippen LogP contribution is 2.21. The molecule has 5 rings (SSSR count). The summed E-state index contributed by atoms with van der Waals surface area (Å²) in [5.74, 6) is 0.752. The number of fused-ring (bicyclic) bond motifs is 1. The number of benzene rings is 3. The van der Waals surface area contributed by atoms with Gasteiger partial charge in [0, 0.05) is 17.1 Å². The van der Waals surface area contributed by atoms with Gasteiger partial charge in [-0.05, 0) is 53.6 Å². The third kappa shape index (κ3) is 5.75. The van der Waals surface area contributed by atoms with Crippen LogP contribution in [0.1, 0.15) is 11.1 Å². The van der Waals surface area contributed by atoms with Crippen molar-refractivity contribution in [3.63, 3.8) is 0 Å². The van der Waals surface area contributed by atoms with Crippen molar-refractivity contribution in [2.45, 2.75) is 13.0 Å². The van der Waals surface area contributed by atoms with Gasteiger partial charge in [0.15, 0.2) is 0 Å². The van der Waals surface area contributed by atoms with Crippen molar-refractivity contribution in [3.8, 4) is 17.0 Å². The van der Waals surface area contributed by atoms with E-state index >= 15 is 0 Å². The second-order valence-corrected chi connectivity index (χ2v) is 7.85. The third-order valence-electron chi connectivity index (χ3n) is 5.31. The van der Waals surface area contributed by atoms with Crippen molar-refractivity contribution >= 4 is 22.8 Å². The van der Waals surface area contributed by atoms with E-state index < -0.39 is 0 Å². The van der Waals surface area contributed by atoms with E-state index in [4.69, 9.17) is 4.74 Å². The van der Waals surface area contributed by atoms with Gasteiger partial charge in [0.25, 0.3) is 5.95 Å². The molecule has 0 spiro atoms. The Balaban J connectivity index is 1.13. The van der Waals surface area contributed by atoms with Crippen LogP contribution in [-0.4, -0.2) is 26.1 Å². The highest BCUT2D eigenvalue weighted by molar-refractivity contribution is 5.83. The van der Waals surface area contributed by atoms with Crippen LogP contribution in [0.15, 0.2) is 97.3 Å². The van der Waals surface area contributed by atoms with E-state index in [9.17, 15) is 4.79 Å². The van der Waals surface area contributed by atoms with Gasteiger partial charge in [-0.1, -0.05) is 42.5 Å². The number of anilines is 1. The van der Waals surface area contributed by atoms with Gasteiger partial charge in [0.2, 0.25) is 5.91 Å². The fourth-order valence-electron chi connectivity index (χ4n) is 3.52. The lowest BCUT2D eigenvalue weighted by Crippen LogP contribution is -2.31. The van der Waals surface area contributed by atoms with Crippen LogP contribution < -0.4 is 15.6 Å². The highest BCUT2D eigenvalue weighted by Gasteiger charge is 2.07. The van der Waals surface area contributed by atoms with Gasteiger partial charge < -0.3 is 4.74 Å². The highest BCUT2D eigenvalue weighted by atomic mass is 16.5. The molecular formula is C27H22N6O2. The lowest BCUT2D eigenvalue weighted by atomic mass is 10.1. The van der Waals surface area contributed by atoms with Gasteiger partial charge in [-0.15, -0.1) is 10.2 Å². The van der Waals surface area contributed by atoms with Crippen LogP contribution in [0.3, 0.4) is 0 Å². The Hall–Kier alpha value is -4.85. The van der Waals surface area contributed by atoms with Crippen LogP contribution in [0.2, 0.25) is 0 Å². The summed E-state index contributed by atoms with van der Waals surface area (Å²) in [6, 6.07) is 27.1. The molecule has 0 bridgehead atoms. The number of carbonyl (C=O) groups is 1.